The van der Waals surface area contributed by atoms with Crippen molar-refractivity contribution in [3.63, 3.8) is 0 Å². The molecule has 104 valence electrons. The Morgan fingerprint density at radius 3 is 2.25 bits per heavy atom. The van der Waals surface area contributed by atoms with E-state index in [1.165, 1.54) is 6.21 Å². The van der Waals surface area contributed by atoms with Crippen LogP contribution in [0.3, 0.4) is 0 Å². The molecule has 20 heavy (non-hydrogen) atoms. The molecule has 2 aromatic rings. The predicted molar refractivity (Wildman–Crippen MR) is 73.9 cm³/mol. The number of hydrogen-bond donors (Lipinski definition) is 1. The van der Waals surface area contributed by atoms with Crippen molar-refractivity contribution in [3.8, 4) is 0 Å². The highest BCUT2D eigenvalue weighted by Crippen LogP contribution is 2.11. The lowest BCUT2D eigenvalue weighted by molar-refractivity contribution is 0.528. The van der Waals surface area contributed by atoms with Gasteiger partial charge in [0.15, 0.2) is 0 Å². The van der Waals surface area contributed by atoms with Gasteiger partial charge in [-0.05, 0) is 17.7 Å². The van der Waals surface area contributed by atoms with Crippen LogP contribution >= 0.6 is 0 Å². The van der Waals surface area contributed by atoms with Crippen LogP contribution < -0.4 is 10.3 Å². The summed E-state index contributed by atoms with van der Waals surface area (Å²) in [7, 11) is 3.89. The summed E-state index contributed by atoms with van der Waals surface area (Å²) in [6.45, 7) is 0. The third kappa shape index (κ3) is 3.71. The van der Waals surface area contributed by atoms with E-state index in [1.54, 1.807) is 0 Å². The van der Waals surface area contributed by atoms with Crippen LogP contribution in [0.2, 0.25) is 0 Å². The fraction of sp³-hybridized carbons (Fsp3) is 0.154. The summed E-state index contributed by atoms with van der Waals surface area (Å²) < 4.78 is 25.6. The Bertz CT molecular complexity index is 590. The Hall–Kier alpha value is -2.57. The average Bonchev–Trinajstić information content (AvgIpc) is 2.38. The molecule has 0 aliphatic heterocycles. The number of hydrogen-bond acceptors (Lipinski definition) is 5. The van der Waals surface area contributed by atoms with Crippen LogP contribution in [0, 0.1) is 11.9 Å². The molecule has 1 aromatic heterocycles. The van der Waals surface area contributed by atoms with Crippen molar-refractivity contribution in [2.24, 2.45) is 5.10 Å². The highest BCUT2D eigenvalue weighted by molar-refractivity contribution is 5.80. The zero-order chi connectivity index (χ0) is 14.5. The molecule has 0 radical (unpaired) electrons. The number of nitrogens with zero attached hydrogens (tertiary/aromatic N) is 4. The maximum Gasteiger partial charge on any atom is 0.248 e. The minimum atomic E-state index is -0.953. The molecular formula is C13H13F2N5. The molecular weight excluding hydrogens is 264 g/mol. The number of halogens is 2. The third-order valence-electron chi connectivity index (χ3n) is 2.45. The molecule has 2 rings (SSSR count). The van der Waals surface area contributed by atoms with Gasteiger partial charge in [-0.25, -0.2) is 5.43 Å². The number of hydrazone groups is 1. The summed E-state index contributed by atoms with van der Waals surface area (Å²) >= 11 is 0. The van der Waals surface area contributed by atoms with E-state index >= 15 is 0 Å². The number of anilines is 2. The summed E-state index contributed by atoms with van der Waals surface area (Å²) in [4.78, 5) is 8.68. The third-order valence-corrected chi connectivity index (χ3v) is 2.45. The van der Waals surface area contributed by atoms with Crippen LogP contribution in [0.1, 0.15) is 5.56 Å². The first-order chi connectivity index (χ1) is 9.54. The summed E-state index contributed by atoms with van der Waals surface area (Å²) in [5.41, 5.74) is 4.26. The molecule has 0 saturated heterocycles. The molecule has 1 N–H and O–H groups in total. The van der Waals surface area contributed by atoms with Crippen molar-refractivity contribution in [1.29, 1.82) is 0 Å². The fourth-order valence-electron chi connectivity index (χ4n) is 1.46. The minimum Gasteiger partial charge on any atom is -0.378 e. The highest BCUT2D eigenvalue weighted by atomic mass is 19.1. The van der Waals surface area contributed by atoms with Crippen molar-refractivity contribution in [1.82, 2.24) is 9.97 Å². The maximum absolute atomic E-state index is 12.8. The molecule has 0 saturated carbocycles. The van der Waals surface area contributed by atoms with E-state index in [0.29, 0.717) is 6.07 Å². The Labute approximate surface area is 115 Å². The fourth-order valence-corrected chi connectivity index (χ4v) is 1.46. The van der Waals surface area contributed by atoms with E-state index in [4.69, 9.17) is 0 Å². The Morgan fingerprint density at radius 1 is 1.10 bits per heavy atom. The normalized spacial score (nSPS) is 10.8. The molecule has 0 aliphatic carbocycles. The van der Waals surface area contributed by atoms with Crippen molar-refractivity contribution < 1.29 is 8.78 Å². The summed E-state index contributed by atoms with van der Waals surface area (Å²) in [5, 5.41) is 3.82. The van der Waals surface area contributed by atoms with Gasteiger partial charge in [0.1, 0.15) is 0 Å². The lowest BCUT2D eigenvalue weighted by Gasteiger charge is -2.11. The molecule has 0 amide bonds. The lowest BCUT2D eigenvalue weighted by atomic mass is 10.2. The molecule has 0 atom stereocenters. The number of rotatable bonds is 4. The quantitative estimate of drug-likeness (QED) is 0.529. The molecule has 1 aromatic carbocycles. The summed E-state index contributed by atoms with van der Waals surface area (Å²) in [6, 6.07) is 8.19. The first-order valence-corrected chi connectivity index (χ1v) is 5.81. The molecule has 0 aliphatic rings. The van der Waals surface area contributed by atoms with Gasteiger partial charge in [-0.15, -0.1) is 0 Å². The van der Waals surface area contributed by atoms with Crippen LogP contribution in [0.5, 0.6) is 0 Å². The van der Waals surface area contributed by atoms with Gasteiger partial charge in [0.2, 0.25) is 17.8 Å². The van der Waals surface area contributed by atoms with Gasteiger partial charge in [-0.2, -0.15) is 23.9 Å². The largest absolute Gasteiger partial charge is 0.378 e. The van der Waals surface area contributed by atoms with Crippen LogP contribution in [0.15, 0.2) is 35.4 Å². The maximum atomic E-state index is 12.8. The summed E-state index contributed by atoms with van der Waals surface area (Å²) in [6.07, 6.45) is 1.51. The van der Waals surface area contributed by atoms with E-state index in [9.17, 15) is 8.78 Å². The number of benzene rings is 1. The van der Waals surface area contributed by atoms with Crippen LogP contribution in [-0.4, -0.2) is 30.3 Å². The Morgan fingerprint density at radius 2 is 1.70 bits per heavy atom. The van der Waals surface area contributed by atoms with E-state index < -0.39 is 11.9 Å². The SMILES string of the molecule is CN(C)c1ccc(C=NNc2nc(F)cc(F)n2)cc1. The van der Waals surface area contributed by atoms with E-state index in [1.807, 2.05) is 43.3 Å². The number of nitrogens with one attached hydrogen (secondary N) is 1. The standard InChI is InChI=1S/C13H13F2N5/c1-20(2)10-5-3-9(4-6-10)8-16-19-13-17-11(14)7-12(15)18-13/h3-8H,1-2H3,(H,17,18,19). The van der Waals surface area contributed by atoms with Crippen molar-refractivity contribution in [3.05, 3.63) is 47.8 Å². The first kappa shape index (κ1) is 13.9. The molecule has 0 bridgehead atoms. The molecule has 7 heteroatoms. The van der Waals surface area contributed by atoms with Gasteiger partial charge in [0.05, 0.1) is 6.21 Å². The Kier molecular flexibility index (Phi) is 4.19. The zero-order valence-electron chi connectivity index (χ0n) is 11.0. The van der Waals surface area contributed by atoms with Crippen LogP contribution in [0.25, 0.3) is 0 Å². The lowest BCUT2D eigenvalue weighted by Crippen LogP contribution is -2.08. The van der Waals surface area contributed by atoms with E-state index in [2.05, 4.69) is 20.5 Å². The smallest absolute Gasteiger partial charge is 0.248 e. The zero-order valence-corrected chi connectivity index (χ0v) is 11.0. The van der Waals surface area contributed by atoms with Crippen LogP contribution in [-0.2, 0) is 0 Å². The van der Waals surface area contributed by atoms with Gasteiger partial charge in [-0.3, -0.25) is 0 Å². The predicted octanol–water partition coefficient (Wildman–Crippen LogP) is 2.27. The highest BCUT2D eigenvalue weighted by Gasteiger charge is 2.02. The van der Waals surface area contributed by atoms with Crippen molar-refractivity contribution >= 4 is 17.9 Å². The average molecular weight is 277 g/mol. The van der Waals surface area contributed by atoms with Crippen molar-refractivity contribution in [2.45, 2.75) is 0 Å². The molecule has 1 heterocycles. The second kappa shape index (κ2) is 6.05. The number of aromatic nitrogens is 2. The molecule has 0 spiro atoms. The van der Waals surface area contributed by atoms with Crippen LogP contribution in [0.4, 0.5) is 20.4 Å². The minimum absolute atomic E-state index is 0.233. The van der Waals surface area contributed by atoms with E-state index in [0.717, 1.165) is 11.3 Å². The van der Waals surface area contributed by atoms with Gasteiger partial charge in [0.25, 0.3) is 0 Å². The topological polar surface area (TPSA) is 53.4 Å². The van der Waals surface area contributed by atoms with Gasteiger partial charge < -0.3 is 4.90 Å². The molecule has 0 unspecified atom stereocenters. The van der Waals surface area contributed by atoms with Gasteiger partial charge in [0, 0.05) is 25.8 Å². The van der Waals surface area contributed by atoms with Gasteiger partial charge in [-0.1, -0.05) is 12.1 Å². The second-order valence-corrected chi connectivity index (χ2v) is 4.19. The second-order valence-electron chi connectivity index (χ2n) is 4.19. The monoisotopic (exact) mass is 277 g/mol. The molecule has 0 fully saturated rings. The van der Waals surface area contributed by atoms with Gasteiger partial charge >= 0.3 is 0 Å². The molecule has 5 nitrogen and oxygen atoms in total. The summed E-state index contributed by atoms with van der Waals surface area (Å²) in [5.74, 6) is -2.14. The Balaban J connectivity index is 2.02. The van der Waals surface area contributed by atoms with E-state index in [-0.39, 0.29) is 5.95 Å². The first-order valence-electron chi connectivity index (χ1n) is 5.81. The van der Waals surface area contributed by atoms with Crippen molar-refractivity contribution in [2.75, 3.05) is 24.4 Å².